The van der Waals surface area contributed by atoms with E-state index in [1.54, 1.807) is 6.07 Å². The largest absolute Gasteiger partial charge is 0.491 e. The minimum absolute atomic E-state index is 0.290. The summed E-state index contributed by atoms with van der Waals surface area (Å²) in [6.07, 6.45) is 4.19. The van der Waals surface area contributed by atoms with Gasteiger partial charge in [0, 0.05) is 36.7 Å². The first-order valence-corrected chi connectivity index (χ1v) is 6.94. The van der Waals surface area contributed by atoms with Gasteiger partial charge in [0.25, 0.3) is 0 Å². The van der Waals surface area contributed by atoms with E-state index in [4.69, 9.17) is 16.3 Å². The summed E-state index contributed by atoms with van der Waals surface area (Å²) in [5, 5.41) is 3.70. The summed E-state index contributed by atoms with van der Waals surface area (Å²) < 4.78 is 5.68. The van der Waals surface area contributed by atoms with E-state index in [2.05, 4.69) is 27.2 Å². The molecule has 0 bridgehead atoms. The van der Waals surface area contributed by atoms with Crippen LogP contribution >= 0.6 is 11.6 Å². The molecule has 1 N–H and O–H groups in total. The molecule has 1 aliphatic rings. The van der Waals surface area contributed by atoms with Gasteiger partial charge in [0.2, 0.25) is 0 Å². The molecule has 20 heavy (non-hydrogen) atoms. The van der Waals surface area contributed by atoms with E-state index in [0.717, 1.165) is 36.8 Å². The van der Waals surface area contributed by atoms with E-state index in [0.29, 0.717) is 11.1 Å². The van der Waals surface area contributed by atoms with Crippen molar-refractivity contribution >= 4 is 17.4 Å². The molecule has 2 aromatic heterocycles. The summed E-state index contributed by atoms with van der Waals surface area (Å²) in [6.45, 7) is 3.61. The van der Waals surface area contributed by atoms with Crippen LogP contribution in [0, 0.1) is 0 Å². The van der Waals surface area contributed by atoms with Crippen molar-refractivity contribution in [2.75, 3.05) is 18.5 Å². The van der Waals surface area contributed by atoms with Gasteiger partial charge in [0.15, 0.2) is 0 Å². The third kappa shape index (κ3) is 2.67. The number of hydrogen-bond acceptors (Lipinski definition) is 5. The monoisotopic (exact) mass is 290 g/mol. The quantitative estimate of drug-likeness (QED) is 0.877. The summed E-state index contributed by atoms with van der Waals surface area (Å²) >= 11 is 5.83. The third-order valence-electron chi connectivity index (χ3n) is 3.35. The van der Waals surface area contributed by atoms with E-state index >= 15 is 0 Å². The van der Waals surface area contributed by atoms with Gasteiger partial charge in [-0.05, 0) is 6.07 Å². The number of pyridine rings is 1. The molecule has 3 heterocycles. The molecule has 0 spiro atoms. The van der Waals surface area contributed by atoms with Gasteiger partial charge < -0.3 is 10.1 Å². The van der Waals surface area contributed by atoms with Crippen LogP contribution < -0.4 is 10.1 Å². The van der Waals surface area contributed by atoms with Gasteiger partial charge in [-0.3, -0.25) is 4.98 Å². The molecule has 0 radical (unpaired) electrons. The fraction of sp³-hybridized carbons (Fsp3) is 0.357. The lowest BCUT2D eigenvalue weighted by atomic mass is 10.0. The number of aromatic nitrogens is 3. The highest BCUT2D eigenvalue weighted by Gasteiger charge is 2.20. The van der Waals surface area contributed by atoms with Crippen LogP contribution in [-0.4, -0.2) is 28.1 Å². The van der Waals surface area contributed by atoms with E-state index < -0.39 is 0 Å². The van der Waals surface area contributed by atoms with E-state index in [-0.39, 0.29) is 0 Å². The van der Waals surface area contributed by atoms with E-state index in [9.17, 15) is 0 Å². The molecule has 0 saturated heterocycles. The lowest BCUT2D eigenvalue weighted by Crippen LogP contribution is -2.12. The number of anilines is 1. The van der Waals surface area contributed by atoms with Crippen molar-refractivity contribution in [3.8, 4) is 5.75 Å². The highest BCUT2D eigenvalue weighted by atomic mass is 35.5. The average molecular weight is 291 g/mol. The van der Waals surface area contributed by atoms with Crippen molar-refractivity contribution in [1.82, 2.24) is 15.0 Å². The van der Waals surface area contributed by atoms with Crippen LogP contribution in [0.5, 0.6) is 5.75 Å². The number of halogens is 1. The maximum Gasteiger partial charge on any atom is 0.144 e. The molecule has 0 fully saturated rings. The Balaban J connectivity index is 1.71. The Hall–Kier alpha value is -1.88. The molecule has 1 unspecified atom stereocenters. The number of nitrogens with zero attached hydrogens (tertiary/aromatic N) is 3. The second-order valence-electron chi connectivity index (χ2n) is 4.78. The number of hydrogen-bond donors (Lipinski definition) is 1. The second-order valence-corrected chi connectivity index (χ2v) is 5.17. The zero-order valence-corrected chi connectivity index (χ0v) is 11.9. The van der Waals surface area contributed by atoms with Crippen molar-refractivity contribution in [3.05, 3.63) is 41.1 Å². The molecule has 6 heteroatoms. The van der Waals surface area contributed by atoms with Crippen LogP contribution in [0.1, 0.15) is 24.1 Å². The molecule has 1 aliphatic heterocycles. The van der Waals surface area contributed by atoms with Gasteiger partial charge in [-0.2, -0.15) is 0 Å². The average Bonchev–Trinajstić information content (AvgIpc) is 2.93. The topological polar surface area (TPSA) is 59.9 Å². The third-order valence-corrected chi connectivity index (χ3v) is 3.55. The Morgan fingerprint density at radius 2 is 2.30 bits per heavy atom. The van der Waals surface area contributed by atoms with Gasteiger partial charge in [-0.25, -0.2) is 9.97 Å². The number of rotatable bonds is 4. The smallest absolute Gasteiger partial charge is 0.144 e. The Labute approximate surface area is 122 Å². The van der Waals surface area contributed by atoms with Crippen molar-refractivity contribution in [2.45, 2.75) is 19.3 Å². The Morgan fingerprint density at radius 3 is 3.15 bits per heavy atom. The SMILES string of the molecule is CC(CNc1cc(Cl)ncn1)c1ccnc2c1OCC2. The maximum atomic E-state index is 5.83. The van der Waals surface area contributed by atoms with E-state index in [1.807, 2.05) is 12.3 Å². The summed E-state index contributed by atoms with van der Waals surface area (Å²) in [5.41, 5.74) is 2.24. The highest BCUT2D eigenvalue weighted by molar-refractivity contribution is 6.29. The molecular weight excluding hydrogens is 276 g/mol. The minimum Gasteiger partial charge on any atom is -0.491 e. The summed E-state index contributed by atoms with van der Waals surface area (Å²) in [5.74, 6) is 1.96. The van der Waals surface area contributed by atoms with Gasteiger partial charge in [-0.1, -0.05) is 18.5 Å². The first kappa shape index (κ1) is 13.1. The Kier molecular flexibility index (Phi) is 3.69. The van der Waals surface area contributed by atoms with Crippen molar-refractivity contribution < 1.29 is 4.74 Å². The van der Waals surface area contributed by atoms with Crippen LogP contribution in [0.15, 0.2) is 24.7 Å². The first-order chi connectivity index (χ1) is 9.74. The van der Waals surface area contributed by atoms with Crippen LogP contribution in [0.4, 0.5) is 5.82 Å². The Bertz CT molecular complexity index is 620. The first-order valence-electron chi connectivity index (χ1n) is 6.56. The molecule has 104 valence electrons. The van der Waals surface area contributed by atoms with Crippen LogP contribution in [0.25, 0.3) is 0 Å². The van der Waals surface area contributed by atoms with Crippen molar-refractivity contribution in [3.63, 3.8) is 0 Å². The summed E-state index contributed by atoms with van der Waals surface area (Å²) in [4.78, 5) is 12.3. The Morgan fingerprint density at radius 1 is 1.40 bits per heavy atom. The van der Waals surface area contributed by atoms with Crippen molar-refractivity contribution in [2.24, 2.45) is 0 Å². The van der Waals surface area contributed by atoms with Crippen LogP contribution in [0.2, 0.25) is 5.15 Å². The zero-order valence-electron chi connectivity index (χ0n) is 11.1. The normalized spacial score (nSPS) is 14.5. The molecule has 3 rings (SSSR count). The predicted molar refractivity (Wildman–Crippen MR) is 77.4 cm³/mol. The van der Waals surface area contributed by atoms with Crippen molar-refractivity contribution in [1.29, 1.82) is 0 Å². The lowest BCUT2D eigenvalue weighted by Gasteiger charge is -2.16. The lowest BCUT2D eigenvalue weighted by molar-refractivity contribution is 0.352. The second kappa shape index (κ2) is 5.63. The molecule has 0 aliphatic carbocycles. The molecule has 5 nitrogen and oxygen atoms in total. The van der Waals surface area contributed by atoms with Gasteiger partial charge in [0.1, 0.15) is 23.0 Å². The highest BCUT2D eigenvalue weighted by Crippen LogP contribution is 2.32. The van der Waals surface area contributed by atoms with Gasteiger partial charge >= 0.3 is 0 Å². The molecule has 0 amide bonds. The maximum absolute atomic E-state index is 5.83. The molecule has 0 saturated carbocycles. The fourth-order valence-corrected chi connectivity index (χ4v) is 2.44. The predicted octanol–water partition coefficient (Wildman–Crippen LogP) is 2.68. The molecule has 1 atom stereocenters. The number of fused-ring (bicyclic) bond motifs is 1. The van der Waals surface area contributed by atoms with Crippen LogP contribution in [0.3, 0.4) is 0 Å². The molecule has 2 aromatic rings. The van der Waals surface area contributed by atoms with Gasteiger partial charge in [0.05, 0.1) is 12.3 Å². The van der Waals surface area contributed by atoms with Crippen LogP contribution in [-0.2, 0) is 6.42 Å². The fourth-order valence-electron chi connectivity index (χ4n) is 2.29. The number of nitrogens with one attached hydrogen (secondary N) is 1. The minimum atomic E-state index is 0.290. The van der Waals surface area contributed by atoms with Gasteiger partial charge in [-0.15, -0.1) is 0 Å². The zero-order chi connectivity index (χ0) is 13.9. The molecular formula is C14H15ClN4O. The summed E-state index contributed by atoms with van der Waals surface area (Å²) in [6, 6.07) is 3.73. The standard InChI is InChI=1S/C14H15ClN4O/c1-9(7-17-13-6-12(15)18-8-19-13)10-2-4-16-11-3-5-20-14(10)11/h2,4,6,8-9H,3,5,7H2,1H3,(H,17,18,19). The molecule has 0 aromatic carbocycles. The number of ether oxygens (including phenoxy) is 1. The van der Waals surface area contributed by atoms with E-state index in [1.165, 1.54) is 11.9 Å². The summed E-state index contributed by atoms with van der Waals surface area (Å²) in [7, 11) is 0.